The van der Waals surface area contributed by atoms with Gasteiger partial charge in [0.15, 0.2) is 5.75 Å². The second kappa shape index (κ2) is 11.0. The van der Waals surface area contributed by atoms with Gasteiger partial charge in [0.05, 0.1) is 23.1 Å². The topological polar surface area (TPSA) is 143 Å². The first kappa shape index (κ1) is 28.1. The van der Waals surface area contributed by atoms with Gasteiger partial charge in [-0.2, -0.15) is 8.42 Å². The summed E-state index contributed by atoms with van der Waals surface area (Å²) in [7, 11) is -1.14. The summed E-state index contributed by atoms with van der Waals surface area (Å²) < 4.78 is 50.4. The number of amides is 1. The number of carbonyl (C=O) groups is 1. The predicted octanol–water partition coefficient (Wildman–Crippen LogP) is 3.79. The van der Waals surface area contributed by atoms with E-state index in [1.807, 2.05) is 22.6 Å². The van der Waals surface area contributed by atoms with Crippen LogP contribution in [0.4, 0.5) is 21.6 Å². The number of nitrogens with zero attached hydrogens (tertiary/aromatic N) is 2. The van der Waals surface area contributed by atoms with Gasteiger partial charge in [-0.05, 0) is 66.6 Å². The van der Waals surface area contributed by atoms with Gasteiger partial charge in [-0.3, -0.25) is 18.9 Å². The minimum Gasteiger partial charge on any atom is -0.436 e. The van der Waals surface area contributed by atoms with Gasteiger partial charge in [0.2, 0.25) is 5.88 Å². The Bertz CT molecular complexity index is 1600. The number of benzene rings is 1. The highest BCUT2D eigenvalue weighted by Gasteiger charge is 2.31. The molecule has 0 atom stereocenters. The molecule has 1 aliphatic rings. The Morgan fingerprint density at radius 3 is 2.61 bits per heavy atom. The highest BCUT2D eigenvalue weighted by molar-refractivity contribution is 14.1. The largest absolute Gasteiger partial charge is 0.436 e. The third-order valence-corrected chi connectivity index (χ3v) is 7.60. The van der Waals surface area contributed by atoms with Crippen molar-refractivity contribution in [2.24, 2.45) is 7.05 Å². The van der Waals surface area contributed by atoms with E-state index in [1.165, 1.54) is 43.8 Å². The lowest BCUT2D eigenvalue weighted by Gasteiger charge is -2.21. The second-order valence-electron chi connectivity index (χ2n) is 8.46. The maximum absolute atomic E-state index is 14.7. The number of hydrogen-bond acceptors (Lipinski definition) is 7. The summed E-state index contributed by atoms with van der Waals surface area (Å²) in [5, 5.41) is 5.65. The molecule has 3 aromatic rings. The zero-order valence-electron chi connectivity index (χ0n) is 20.4. The monoisotopic (exact) mass is 676 g/mol. The zero-order chi connectivity index (χ0) is 27.8. The van der Waals surface area contributed by atoms with Gasteiger partial charge in [-0.25, -0.2) is 14.1 Å². The summed E-state index contributed by atoms with van der Waals surface area (Å²) in [6.07, 6.45) is 2.77. The molecule has 202 valence electrons. The Morgan fingerprint density at radius 1 is 1.29 bits per heavy atom. The maximum atomic E-state index is 14.7. The Hall–Kier alpha value is -2.95. The van der Waals surface area contributed by atoms with E-state index in [0.29, 0.717) is 3.57 Å². The van der Waals surface area contributed by atoms with E-state index in [2.05, 4.69) is 25.1 Å². The molecule has 0 aliphatic heterocycles. The summed E-state index contributed by atoms with van der Waals surface area (Å²) in [6, 6.07) is 5.71. The van der Waals surface area contributed by atoms with Crippen LogP contribution in [0.25, 0.3) is 0 Å². The molecule has 4 rings (SSSR count). The van der Waals surface area contributed by atoms with Gasteiger partial charge in [0.1, 0.15) is 22.2 Å². The second-order valence-corrected chi connectivity index (χ2v) is 11.7. The smallest absolute Gasteiger partial charge is 0.298 e. The fraction of sp³-hybridized carbons (Fsp3) is 0.261. The van der Waals surface area contributed by atoms with Crippen LogP contribution in [0.2, 0.25) is 5.02 Å². The van der Waals surface area contributed by atoms with E-state index < -0.39 is 27.5 Å². The first-order chi connectivity index (χ1) is 17.9. The SMILES string of the molecule is CNS(=O)(=O)Nc1cnc(Oc2c(C(=O)NC3CC3)c(Nc3ccc(I)cc3F)n(C)c(=O)c2C)c(Cl)c1. The van der Waals surface area contributed by atoms with Crippen molar-refractivity contribution in [3.63, 3.8) is 0 Å². The number of rotatable bonds is 9. The number of pyridine rings is 2. The molecule has 0 bridgehead atoms. The highest BCUT2D eigenvalue weighted by Crippen LogP contribution is 2.37. The molecule has 0 saturated heterocycles. The number of hydrogen-bond donors (Lipinski definition) is 4. The van der Waals surface area contributed by atoms with Crippen LogP contribution < -0.4 is 30.4 Å². The molecule has 2 aromatic heterocycles. The van der Waals surface area contributed by atoms with Crippen LogP contribution in [0.5, 0.6) is 11.6 Å². The molecule has 15 heteroatoms. The molecule has 1 saturated carbocycles. The van der Waals surface area contributed by atoms with Crippen molar-refractivity contribution < 1.29 is 22.3 Å². The van der Waals surface area contributed by atoms with Crippen molar-refractivity contribution in [2.45, 2.75) is 25.8 Å². The fourth-order valence-corrected chi connectivity index (χ4v) is 4.64. The van der Waals surface area contributed by atoms with Crippen LogP contribution in [-0.2, 0) is 17.3 Å². The fourth-order valence-electron chi connectivity index (χ4n) is 3.46. The van der Waals surface area contributed by atoms with Crippen molar-refractivity contribution in [1.82, 2.24) is 19.6 Å². The molecule has 1 fully saturated rings. The minimum absolute atomic E-state index is 0.00313. The first-order valence-electron chi connectivity index (χ1n) is 11.2. The maximum Gasteiger partial charge on any atom is 0.298 e. The molecule has 0 spiro atoms. The Morgan fingerprint density at radius 2 is 2.00 bits per heavy atom. The van der Waals surface area contributed by atoms with Crippen LogP contribution >= 0.6 is 34.2 Å². The molecule has 0 radical (unpaired) electrons. The standard InChI is InChI=1S/C23H23ClFIN6O5S/c1-11-19(37-22-15(24)9-14(10-28-22)31-38(35,36)27-2)18(21(33)29-13-5-6-13)20(32(3)23(11)34)30-17-7-4-12(26)8-16(17)25/h4,7-10,13,27,30-31H,5-6H2,1-3H3,(H,29,33). The number of ether oxygens (including phenoxy) is 1. The molecule has 1 amide bonds. The van der Waals surface area contributed by atoms with Crippen LogP contribution in [0.3, 0.4) is 0 Å². The third-order valence-electron chi connectivity index (χ3n) is 5.62. The van der Waals surface area contributed by atoms with Crippen molar-refractivity contribution in [2.75, 3.05) is 17.1 Å². The van der Waals surface area contributed by atoms with E-state index in [-0.39, 0.29) is 51.0 Å². The zero-order valence-corrected chi connectivity index (χ0v) is 24.1. The predicted molar refractivity (Wildman–Crippen MR) is 150 cm³/mol. The van der Waals surface area contributed by atoms with Crippen LogP contribution in [0.1, 0.15) is 28.8 Å². The van der Waals surface area contributed by atoms with Crippen molar-refractivity contribution in [1.29, 1.82) is 0 Å². The van der Waals surface area contributed by atoms with E-state index in [0.717, 1.165) is 19.0 Å². The summed E-state index contributed by atoms with van der Waals surface area (Å²) in [5.74, 6) is -1.42. The average molecular weight is 677 g/mol. The summed E-state index contributed by atoms with van der Waals surface area (Å²) >= 11 is 8.28. The van der Waals surface area contributed by atoms with E-state index in [4.69, 9.17) is 16.3 Å². The van der Waals surface area contributed by atoms with Gasteiger partial charge in [-0.1, -0.05) is 11.6 Å². The number of carbonyl (C=O) groups excluding carboxylic acids is 1. The quantitative estimate of drug-likeness (QED) is 0.253. The Kier molecular flexibility index (Phi) is 8.15. The number of nitrogens with one attached hydrogen (secondary N) is 4. The van der Waals surface area contributed by atoms with Gasteiger partial charge >= 0.3 is 0 Å². The highest BCUT2D eigenvalue weighted by atomic mass is 127. The number of halogens is 3. The van der Waals surface area contributed by atoms with Crippen LogP contribution in [0, 0.1) is 16.3 Å². The first-order valence-corrected chi connectivity index (χ1v) is 14.2. The lowest BCUT2D eigenvalue weighted by molar-refractivity contribution is 0.0948. The molecule has 2 heterocycles. The van der Waals surface area contributed by atoms with Crippen LogP contribution in [0.15, 0.2) is 35.3 Å². The van der Waals surface area contributed by atoms with Crippen molar-refractivity contribution in [3.05, 3.63) is 66.4 Å². The lowest BCUT2D eigenvalue weighted by Crippen LogP contribution is -2.31. The number of aromatic nitrogens is 2. The van der Waals surface area contributed by atoms with Gasteiger partial charge in [-0.15, -0.1) is 0 Å². The van der Waals surface area contributed by atoms with E-state index in [9.17, 15) is 22.4 Å². The van der Waals surface area contributed by atoms with E-state index >= 15 is 0 Å². The average Bonchev–Trinajstić information content (AvgIpc) is 3.67. The summed E-state index contributed by atoms with van der Waals surface area (Å²) in [6.45, 7) is 1.48. The lowest BCUT2D eigenvalue weighted by atomic mass is 10.1. The van der Waals surface area contributed by atoms with E-state index in [1.54, 1.807) is 6.07 Å². The Labute approximate surface area is 236 Å². The molecule has 0 unspecified atom stereocenters. The third kappa shape index (κ3) is 6.19. The van der Waals surface area contributed by atoms with Crippen LogP contribution in [-0.4, -0.2) is 37.0 Å². The van der Waals surface area contributed by atoms with Crippen molar-refractivity contribution in [3.8, 4) is 11.6 Å². The van der Waals surface area contributed by atoms with Gasteiger partial charge in [0, 0.05) is 23.7 Å². The summed E-state index contributed by atoms with van der Waals surface area (Å²) in [5.41, 5.74) is -0.369. The molecule has 1 aromatic carbocycles. The minimum atomic E-state index is -3.82. The molecular weight excluding hydrogens is 654 g/mol. The normalized spacial score (nSPS) is 13.2. The molecule has 1 aliphatic carbocycles. The molecule has 11 nitrogen and oxygen atoms in total. The summed E-state index contributed by atoms with van der Waals surface area (Å²) in [4.78, 5) is 30.6. The Balaban J connectivity index is 1.82. The van der Waals surface area contributed by atoms with Crippen molar-refractivity contribution >= 4 is 67.5 Å². The molecule has 4 N–H and O–H groups in total. The number of anilines is 3. The molecular formula is C23H23ClFIN6O5S. The molecule has 38 heavy (non-hydrogen) atoms. The van der Waals surface area contributed by atoms with Gasteiger partial charge in [0.25, 0.3) is 21.7 Å². The van der Waals surface area contributed by atoms with Gasteiger partial charge < -0.3 is 15.4 Å².